The normalized spacial score (nSPS) is 10.9. The Bertz CT molecular complexity index is 847. The highest BCUT2D eigenvalue weighted by Crippen LogP contribution is 2.29. The number of hydrogen-bond donors (Lipinski definition) is 1. The fraction of sp³-hybridized carbons (Fsp3) is 0.357. The van der Waals surface area contributed by atoms with Crippen LogP contribution in [0.1, 0.15) is 13.3 Å². The van der Waals surface area contributed by atoms with Crippen molar-refractivity contribution in [3.05, 3.63) is 18.2 Å². The van der Waals surface area contributed by atoms with Gasteiger partial charge in [0.1, 0.15) is 5.75 Å². The average Bonchev–Trinajstić information content (AvgIpc) is 3.13. The fourth-order valence-corrected chi connectivity index (χ4v) is 3.67. The monoisotopic (exact) mass is 364 g/mol. The zero-order chi connectivity index (χ0) is 16.9. The number of carbonyl (C=O) groups excluding carboxylic acids is 1. The third kappa shape index (κ3) is 4.01. The first-order chi connectivity index (χ1) is 11.7. The zero-order valence-electron chi connectivity index (χ0n) is 13.2. The summed E-state index contributed by atoms with van der Waals surface area (Å²) in [5.41, 5.74) is 0.846. The summed E-state index contributed by atoms with van der Waals surface area (Å²) in [6.45, 7) is 2.56. The third-order valence-electron chi connectivity index (χ3n) is 3.06. The van der Waals surface area contributed by atoms with Crippen molar-refractivity contribution in [3.8, 4) is 5.75 Å². The first kappa shape index (κ1) is 16.7. The van der Waals surface area contributed by atoms with Gasteiger partial charge in [-0.1, -0.05) is 23.1 Å². The number of nitrogens with one attached hydrogen (secondary N) is 1. The molecule has 3 aromatic rings. The van der Waals surface area contributed by atoms with Crippen LogP contribution in [0.2, 0.25) is 0 Å². The summed E-state index contributed by atoms with van der Waals surface area (Å²) in [6, 6.07) is 5.70. The van der Waals surface area contributed by atoms with Crippen LogP contribution in [0.5, 0.6) is 5.75 Å². The highest BCUT2D eigenvalue weighted by molar-refractivity contribution is 7.99. The summed E-state index contributed by atoms with van der Waals surface area (Å²) in [4.78, 5) is 16.4. The molecule has 1 aromatic carbocycles. The number of nitrogens with zero attached hydrogens (tertiary/aromatic N) is 5. The van der Waals surface area contributed by atoms with Crippen LogP contribution >= 0.6 is 23.1 Å². The topological polar surface area (TPSA) is 94.8 Å². The van der Waals surface area contributed by atoms with E-state index in [1.807, 2.05) is 25.1 Å². The number of anilines is 1. The fourth-order valence-electron chi connectivity index (χ4n) is 1.98. The van der Waals surface area contributed by atoms with Gasteiger partial charge >= 0.3 is 0 Å². The van der Waals surface area contributed by atoms with Crippen LogP contribution in [-0.2, 0) is 11.8 Å². The van der Waals surface area contributed by atoms with E-state index < -0.39 is 0 Å². The van der Waals surface area contributed by atoms with Crippen molar-refractivity contribution in [2.45, 2.75) is 18.5 Å². The van der Waals surface area contributed by atoms with Gasteiger partial charge in [-0.3, -0.25) is 4.79 Å². The number of rotatable bonds is 7. The molecule has 0 aliphatic heterocycles. The Hall–Kier alpha value is -2.20. The molecule has 10 heteroatoms. The van der Waals surface area contributed by atoms with E-state index in [0.717, 1.165) is 16.0 Å². The predicted molar refractivity (Wildman–Crippen MR) is 93.6 cm³/mol. The third-order valence-corrected chi connectivity index (χ3v) is 5.00. The molecule has 0 unspecified atom stereocenters. The first-order valence-electron chi connectivity index (χ1n) is 7.34. The molecular weight excluding hydrogens is 348 g/mol. The number of tetrazole rings is 1. The molecule has 8 nitrogen and oxygen atoms in total. The molecule has 1 amide bonds. The van der Waals surface area contributed by atoms with Crippen LogP contribution in [0.3, 0.4) is 0 Å². The van der Waals surface area contributed by atoms with Gasteiger partial charge in [-0.2, -0.15) is 0 Å². The number of thiazole rings is 1. The molecule has 0 bridgehead atoms. The maximum Gasteiger partial charge on any atom is 0.226 e. The second-order valence-electron chi connectivity index (χ2n) is 4.81. The minimum Gasteiger partial charge on any atom is -0.494 e. The van der Waals surface area contributed by atoms with Gasteiger partial charge in [-0.15, -0.1) is 5.10 Å². The summed E-state index contributed by atoms with van der Waals surface area (Å²) in [5.74, 6) is 1.32. The smallest absolute Gasteiger partial charge is 0.226 e. The summed E-state index contributed by atoms with van der Waals surface area (Å²) in [5, 5.41) is 15.3. The molecule has 0 atom stereocenters. The summed E-state index contributed by atoms with van der Waals surface area (Å²) in [7, 11) is 1.76. The van der Waals surface area contributed by atoms with Crippen LogP contribution in [-0.4, -0.2) is 43.5 Å². The molecule has 0 saturated carbocycles. The average molecular weight is 364 g/mol. The Kier molecular flexibility index (Phi) is 5.26. The Morgan fingerprint density at radius 3 is 3.08 bits per heavy atom. The maximum atomic E-state index is 12.0. The maximum absolute atomic E-state index is 12.0. The van der Waals surface area contributed by atoms with Gasteiger partial charge in [0, 0.05) is 19.2 Å². The number of aromatic nitrogens is 5. The van der Waals surface area contributed by atoms with E-state index in [-0.39, 0.29) is 5.91 Å². The number of carbonyl (C=O) groups is 1. The van der Waals surface area contributed by atoms with Crippen LogP contribution < -0.4 is 10.1 Å². The van der Waals surface area contributed by atoms with Gasteiger partial charge < -0.3 is 10.1 Å². The SMILES string of the molecule is CCOc1ccc2nc(NC(=O)CCSc3nnnn3C)sc2c1. The first-order valence-corrected chi connectivity index (χ1v) is 9.14. The number of hydrogen-bond acceptors (Lipinski definition) is 8. The number of benzene rings is 1. The molecular formula is C14H16N6O2S2. The van der Waals surface area contributed by atoms with Crippen LogP contribution in [0.15, 0.2) is 23.4 Å². The minimum atomic E-state index is -0.0817. The van der Waals surface area contributed by atoms with Gasteiger partial charge in [0.15, 0.2) is 5.13 Å². The lowest BCUT2D eigenvalue weighted by molar-refractivity contribution is -0.115. The van der Waals surface area contributed by atoms with Gasteiger partial charge in [-0.25, -0.2) is 9.67 Å². The molecule has 0 fully saturated rings. The van der Waals surface area contributed by atoms with E-state index in [1.54, 1.807) is 11.7 Å². The lowest BCUT2D eigenvalue weighted by Gasteiger charge is -2.00. The molecule has 3 rings (SSSR count). The molecule has 24 heavy (non-hydrogen) atoms. The van der Waals surface area contributed by atoms with Gasteiger partial charge in [0.2, 0.25) is 11.1 Å². The molecule has 0 aliphatic rings. The molecule has 0 saturated heterocycles. The lowest BCUT2D eigenvalue weighted by Crippen LogP contribution is -2.12. The largest absolute Gasteiger partial charge is 0.494 e. The van der Waals surface area contributed by atoms with Crippen LogP contribution in [0.25, 0.3) is 10.2 Å². The van der Waals surface area contributed by atoms with E-state index in [4.69, 9.17) is 4.74 Å². The van der Waals surface area contributed by atoms with Gasteiger partial charge in [0.05, 0.1) is 16.8 Å². The number of aryl methyl sites for hydroxylation is 1. The lowest BCUT2D eigenvalue weighted by atomic mass is 10.3. The quantitative estimate of drug-likeness (QED) is 0.643. The second-order valence-corrected chi connectivity index (χ2v) is 6.91. The van der Waals surface area contributed by atoms with E-state index >= 15 is 0 Å². The highest BCUT2D eigenvalue weighted by Gasteiger charge is 2.10. The van der Waals surface area contributed by atoms with Crippen molar-refractivity contribution in [1.29, 1.82) is 0 Å². The van der Waals surface area contributed by atoms with Crippen molar-refractivity contribution < 1.29 is 9.53 Å². The molecule has 2 heterocycles. The van der Waals surface area contributed by atoms with Crippen molar-refractivity contribution in [2.75, 3.05) is 17.7 Å². The molecule has 1 N–H and O–H groups in total. The standard InChI is InChI=1S/C14H16N6O2S2/c1-3-22-9-4-5-10-11(8-9)24-13(15-10)16-12(21)6-7-23-14-17-18-19-20(14)2/h4-5,8H,3,6-7H2,1-2H3,(H,15,16,21). The number of fused-ring (bicyclic) bond motifs is 1. The number of thioether (sulfide) groups is 1. The van der Waals surface area contributed by atoms with Crippen molar-refractivity contribution in [1.82, 2.24) is 25.2 Å². The van der Waals surface area contributed by atoms with Gasteiger partial charge in [0.25, 0.3) is 0 Å². The highest BCUT2D eigenvalue weighted by atomic mass is 32.2. The van der Waals surface area contributed by atoms with Crippen LogP contribution in [0.4, 0.5) is 5.13 Å². The van der Waals surface area contributed by atoms with Gasteiger partial charge in [-0.05, 0) is 35.5 Å². The number of amides is 1. The molecule has 0 radical (unpaired) electrons. The Balaban J connectivity index is 1.56. The Morgan fingerprint density at radius 2 is 2.33 bits per heavy atom. The van der Waals surface area contributed by atoms with E-state index in [9.17, 15) is 4.79 Å². The molecule has 0 aliphatic carbocycles. The van der Waals surface area contributed by atoms with E-state index in [0.29, 0.717) is 29.1 Å². The summed E-state index contributed by atoms with van der Waals surface area (Å²) >= 11 is 2.87. The molecule has 126 valence electrons. The van der Waals surface area contributed by atoms with E-state index in [2.05, 4.69) is 25.8 Å². The molecule has 2 aromatic heterocycles. The van der Waals surface area contributed by atoms with Crippen molar-refractivity contribution >= 4 is 44.4 Å². The number of ether oxygens (including phenoxy) is 1. The Labute approximate surface area is 146 Å². The minimum absolute atomic E-state index is 0.0817. The second kappa shape index (κ2) is 7.58. The van der Waals surface area contributed by atoms with Crippen molar-refractivity contribution in [2.24, 2.45) is 7.05 Å². The summed E-state index contributed by atoms with van der Waals surface area (Å²) < 4.78 is 8.03. The molecule has 0 spiro atoms. The van der Waals surface area contributed by atoms with Crippen LogP contribution in [0, 0.1) is 0 Å². The summed E-state index contributed by atoms with van der Waals surface area (Å²) in [6.07, 6.45) is 0.359. The van der Waals surface area contributed by atoms with Crippen molar-refractivity contribution in [3.63, 3.8) is 0 Å². The zero-order valence-corrected chi connectivity index (χ0v) is 14.9. The Morgan fingerprint density at radius 1 is 1.46 bits per heavy atom. The predicted octanol–water partition coefficient (Wildman–Crippen LogP) is 2.34. The van der Waals surface area contributed by atoms with E-state index in [1.165, 1.54) is 23.1 Å².